The summed E-state index contributed by atoms with van der Waals surface area (Å²) in [5, 5.41) is 0. The number of nitrogens with one attached hydrogen (secondary N) is 1. The van der Waals surface area contributed by atoms with E-state index in [0.717, 1.165) is 0 Å². The third-order valence-corrected chi connectivity index (χ3v) is 1.64. The predicted octanol–water partition coefficient (Wildman–Crippen LogP) is -3.27. The summed E-state index contributed by atoms with van der Waals surface area (Å²) in [5.41, 5.74) is 0. The van der Waals surface area contributed by atoms with Crippen LogP contribution in [0.2, 0.25) is 0 Å². The minimum absolute atomic E-state index is 0. The van der Waals surface area contributed by atoms with Gasteiger partial charge in [-0.1, -0.05) is 0 Å². The monoisotopic (exact) mass is 119 g/mol. The van der Waals surface area contributed by atoms with Gasteiger partial charge in [0.25, 0.3) is 0 Å². The first-order chi connectivity index (χ1) is 2.27. The van der Waals surface area contributed by atoms with Crippen molar-refractivity contribution in [3.8, 4) is 0 Å². The second-order valence-electron chi connectivity index (χ2n) is 0.481. The Morgan fingerprint density at radius 3 is 1.67 bits per heavy atom. The molecule has 3 nitrogen and oxygen atoms in total. The molecule has 0 aromatic rings. The number of hydrogen-bond acceptors (Lipinski definition) is 2. The zero-order valence-corrected chi connectivity index (χ0v) is 5.66. The van der Waals surface area contributed by atoms with E-state index in [4.69, 9.17) is 0 Å². The van der Waals surface area contributed by atoms with E-state index in [0.29, 0.717) is 10.4 Å². The Hall–Kier alpha value is 0.724. The zero-order chi connectivity index (χ0) is 4.28. The topological polar surface area (TPSA) is 46.2 Å². The zero-order valence-electron chi connectivity index (χ0n) is 2.76. The summed E-state index contributed by atoms with van der Waals surface area (Å²) in [6.45, 7) is 0. The molecule has 0 fully saturated rings. The van der Waals surface area contributed by atoms with Gasteiger partial charge in [0.15, 0.2) is 10.9 Å². The Bertz CT molecular complexity index is 71.6. The summed E-state index contributed by atoms with van der Waals surface area (Å²) >= 11 is 0. The van der Waals surface area contributed by atoms with Crippen LogP contribution in [0, 0.1) is 0 Å². The van der Waals surface area contributed by atoms with E-state index in [2.05, 4.69) is 4.39 Å². The van der Waals surface area contributed by atoms with Gasteiger partial charge in [-0.25, -0.2) is 12.8 Å². The van der Waals surface area contributed by atoms with Crippen molar-refractivity contribution < 1.29 is 8.42 Å². The van der Waals surface area contributed by atoms with Crippen LogP contribution in [0.3, 0.4) is 0 Å². The minimum atomic E-state index is -2.29. The maximum absolute atomic E-state index is 9.33. The van der Waals surface area contributed by atoms with Gasteiger partial charge in [-0.2, -0.15) is 0 Å². The van der Waals surface area contributed by atoms with E-state index >= 15 is 0 Å². The molecular formula is H6LiNO2SSi. The van der Waals surface area contributed by atoms with E-state index in [1.54, 1.807) is 0 Å². The first-order valence-corrected chi connectivity index (χ1v) is 3.27. The van der Waals surface area contributed by atoms with Gasteiger partial charge in [-0.3, -0.25) is 0 Å². The molecule has 1 N–H and O–H groups in total. The fourth-order valence-corrected chi connectivity index (χ4v) is 0. The molecule has 0 heterocycles. The summed E-state index contributed by atoms with van der Waals surface area (Å²) < 4.78 is 20.8. The van der Waals surface area contributed by atoms with E-state index in [1.165, 1.54) is 0 Å². The van der Waals surface area contributed by atoms with Gasteiger partial charge in [0, 0.05) is 0 Å². The second-order valence-corrected chi connectivity index (χ2v) is 2.78. The Labute approximate surface area is 53.3 Å². The van der Waals surface area contributed by atoms with Crippen LogP contribution in [0.5, 0.6) is 0 Å². The van der Waals surface area contributed by atoms with Gasteiger partial charge >= 0.3 is 18.9 Å². The van der Waals surface area contributed by atoms with Gasteiger partial charge < -0.3 is 0 Å². The number of thiol groups is 1. The fraction of sp³-hybridized carbons (Fsp3) is 0. The normalized spacial score (nSPS) is 8.17. The van der Waals surface area contributed by atoms with Crippen LogP contribution in [0.25, 0.3) is 0 Å². The van der Waals surface area contributed by atoms with Gasteiger partial charge in [0.2, 0.25) is 0 Å². The van der Waals surface area contributed by atoms with Crippen LogP contribution in [-0.4, -0.2) is 37.7 Å². The summed E-state index contributed by atoms with van der Waals surface area (Å²) in [7, 11) is -1.76. The fourth-order valence-electron chi connectivity index (χ4n) is 0. The molecule has 0 amide bonds. The maximum atomic E-state index is 9.33. The van der Waals surface area contributed by atoms with Crippen LogP contribution < -0.4 is 4.39 Å². The van der Waals surface area contributed by atoms with E-state index in [-0.39, 0.29) is 18.9 Å². The SMILES string of the molecule is O=[SH](=O)N[SiH3].[LiH]. The molecule has 0 radical (unpaired) electrons. The van der Waals surface area contributed by atoms with Crippen LogP contribution in [-0.2, 0) is 10.9 Å². The van der Waals surface area contributed by atoms with Crippen LogP contribution in [0.4, 0.5) is 0 Å². The Kier molecular flexibility index (Phi) is 9.42. The molecule has 0 aromatic carbocycles. The van der Waals surface area contributed by atoms with Crippen LogP contribution in [0.1, 0.15) is 0 Å². The number of rotatable bonds is 1. The molecule has 0 aliphatic carbocycles. The first kappa shape index (κ1) is 9.87. The van der Waals surface area contributed by atoms with Crippen molar-refractivity contribution in [2.45, 2.75) is 0 Å². The summed E-state index contributed by atoms with van der Waals surface area (Å²) in [6.07, 6.45) is 0. The second kappa shape index (κ2) is 5.72. The van der Waals surface area contributed by atoms with Gasteiger partial charge in [-0.15, -0.1) is 0 Å². The van der Waals surface area contributed by atoms with Gasteiger partial charge in [0.1, 0.15) is 0 Å². The van der Waals surface area contributed by atoms with Crippen LogP contribution in [0.15, 0.2) is 0 Å². The summed E-state index contributed by atoms with van der Waals surface area (Å²) in [4.78, 5) is 0. The van der Waals surface area contributed by atoms with Crippen molar-refractivity contribution in [2.24, 2.45) is 0 Å². The molecule has 0 rings (SSSR count). The Balaban J connectivity index is 0. The average molecular weight is 119 g/mol. The van der Waals surface area contributed by atoms with E-state index < -0.39 is 10.9 Å². The summed E-state index contributed by atoms with van der Waals surface area (Å²) in [5.74, 6) is 0. The molecule has 0 saturated carbocycles. The van der Waals surface area contributed by atoms with Crippen molar-refractivity contribution in [1.29, 1.82) is 0 Å². The summed E-state index contributed by atoms with van der Waals surface area (Å²) in [6, 6.07) is 0. The van der Waals surface area contributed by atoms with Gasteiger partial charge in [-0.05, 0) is 0 Å². The Morgan fingerprint density at radius 2 is 1.67 bits per heavy atom. The first-order valence-electron chi connectivity index (χ1n) is 1.09. The third kappa shape index (κ3) is 8.83. The number of hydrogen-bond donors (Lipinski definition) is 2. The van der Waals surface area contributed by atoms with E-state index in [9.17, 15) is 8.42 Å². The van der Waals surface area contributed by atoms with Crippen molar-refractivity contribution >= 4 is 40.2 Å². The van der Waals surface area contributed by atoms with Crippen molar-refractivity contribution in [1.82, 2.24) is 4.39 Å². The standard InChI is InChI=1S/Li.H5NO2SSi.H/c;2-4(3)1-5;/h;4H,5H3,(H,1,2,3);. The van der Waals surface area contributed by atoms with Crippen LogP contribution >= 0.6 is 0 Å². The Morgan fingerprint density at radius 1 is 1.50 bits per heavy atom. The molecule has 0 atom stereocenters. The van der Waals surface area contributed by atoms with Crippen molar-refractivity contribution in [3.63, 3.8) is 0 Å². The van der Waals surface area contributed by atoms with Crippen molar-refractivity contribution in [2.75, 3.05) is 0 Å². The average Bonchev–Trinajstić information content (AvgIpc) is 1.38. The molecule has 0 aliphatic heterocycles. The molecule has 0 aromatic heterocycles. The molecule has 6 heavy (non-hydrogen) atoms. The quantitative estimate of drug-likeness (QED) is 0.281. The third-order valence-electron chi connectivity index (χ3n) is 0.183. The molecule has 34 valence electrons. The molecule has 0 spiro atoms. The molecule has 6 heteroatoms. The molecule has 0 unspecified atom stereocenters. The van der Waals surface area contributed by atoms with Crippen molar-refractivity contribution in [3.05, 3.63) is 0 Å². The van der Waals surface area contributed by atoms with Gasteiger partial charge in [0.05, 0.1) is 10.4 Å². The predicted molar refractivity (Wildman–Crippen MR) is 30.5 cm³/mol. The van der Waals surface area contributed by atoms with E-state index in [1.807, 2.05) is 0 Å². The molecule has 0 saturated heterocycles. The molecular weight excluding hydrogens is 113 g/mol. The molecule has 0 aliphatic rings. The molecule has 0 bridgehead atoms.